The van der Waals surface area contributed by atoms with Crippen LogP contribution in [0.1, 0.15) is 51.6 Å². The highest BCUT2D eigenvalue weighted by Gasteiger charge is 2.28. The highest BCUT2D eigenvalue weighted by molar-refractivity contribution is 7.09. The Morgan fingerprint density at radius 3 is 2.95 bits per heavy atom. The zero-order chi connectivity index (χ0) is 15.5. The number of piperidine rings is 1. The molecule has 0 bridgehead atoms. The Bertz CT molecular complexity index is 456. The molecule has 1 aliphatic heterocycles. The quantitative estimate of drug-likeness (QED) is 0.931. The molecule has 118 valence electrons. The molecule has 1 fully saturated rings. The van der Waals surface area contributed by atoms with Gasteiger partial charge in [-0.25, -0.2) is 9.78 Å². The first-order valence-electron chi connectivity index (χ1n) is 7.48. The van der Waals surface area contributed by atoms with Crippen LogP contribution in [0, 0.1) is 0 Å². The van der Waals surface area contributed by atoms with Gasteiger partial charge in [0.2, 0.25) is 0 Å². The fraction of sp³-hybridized carbons (Fsp3) is 0.733. The molecule has 21 heavy (non-hydrogen) atoms. The number of nitrogens with one attached hydrogen (secondary N) is 1. The van der Waals surface area contributed by atoms with Crippen molar-refractivity contribution in [3.8, 4) is 0 Å². The van der Waals surface area contributed by atoms with Gasteiger partial charge in [0.25, 0.3) is 0 Å². The van der Waals surface area contributed by atoms with Gasteiger partial charge in [0.05, 0.1) is 6.04 Å². The van der Waals surface area contributed by atoms with Crippen molar-refractivity contribution in [3.05, 3.63) is 16.6 Å². The molecule has 0 saturated carbocycles. The van der Waals surface area contributed by atoms with E-state index in [9.17, 15) is 4.79 Å². The topological polar surface area (TPSA) is 54.5 Å². The first-order chi connectivity index (χ1) is 9.85. The monoisotopic (exact) mass is 311 g/mol. The Kier molecular flexibility index (Phi) is 5.22. The van der Waals surface area contributed by atoms with Crippen molar-refractivity contribution in [3.63, 3.8) is 0 Å². The summed E-state index contributed by atoms with van der Waals surface area (Å²) in [7, 11) is 0. The van der Waals surface area contributed by atoms with E-state index in [1.54, 1.807) is 16.2 Å². The van der Waals surface area contributed by atoms with Crippen LogP contribution >= 0.6 is 11.3 Å². The van der Waals surface area contributed by atoms with Gasteiger partial charge in [0, 0.05) is 30.7 Å². The Labute approximate surface area is 130 Å². The number of hydrogen-bond acceptors (Lipinski definition) is 5. The molecule has 6 heteroatoms. The largest absolute Gasteiger partial charge is 0.444 e. The van der Waals surface area contributed by atoms with Crippen LogP contribution in [-0.2, 0) is 4.74 Å². The van der Waals surface area contributed by atoms with E-state index in [2.05, 4.69) is 17.2 Å². The van der Waals surface area contributed by atoms with Gasteiger partial charge in [-0.15, -0.1) is 11.3 Å². The van der Waals surface area contributed by atoms with Gasteiger partial charge in [0.1, 0.15) is 10.6 Å². The van der Waals surface area contributed by atoms with Gasteiger partial charge in [-0.1, -0.05) is 0 Å². The van der Waals surface area contributed by atoms with E-state index in [1.165, 1.54) is 0 Å². The molecule has 1 aromatic rings. The van der Waals surface area contributed by atoms with Gasteiger partial charge < -0.3 is 15.0 Å². The summed E-state index contributed by atoms with van der Waals surface area (Å²) in [5.41, 5.74) is -0.439. The minimum absolute atomic E-state index is 0.212. The summed E-state index contributed by atoms with van der Waals surface area (Å²) in [4.78, 5) is 18.3. The summed E-state index contributed by atoms with van der Waals surface area (Å²) < 4.78 is 5.45. The number of likely N-dealkylation sites (tertiary alicyclic amines) is 1. The molecule has 2 rings (SSSR count). The van der Waals surface area contributed by atoms with Gasteiger partial charge in [-0.3, -0.25) is 0 Å². The fourth-order valence-electron chi connectivity index (χ4n) is 2.48. The van der Waals surface area contributed by atoms with E-state index in [-0.39, 0.29) is 12.1 Å². The zero-order valence-electron chi connectivity index (χ0n) is 13.3. The van der Waals surface area contributed by atoms with Crippen LogP contribution in [0.2, 0.25) is 0 Å². The van der Waals surface area contributed by atoms with Crippen LogP contribution in [-0.4, -0.2) is 40.7 Å². The summed E-state index contributed by atoms with van der Waals surface area (Å²) in [5.74, 6) is 0. The maximum Gasteiger partial charge on any atom is 0.410 e. The fourth-order valence-corrected chi connectivity index (χ4v) is 3.13. The van der Waals surface area contributed by atoms with Gasteiger partial charge in [0.15, 0.2) is 0 Å². The maximum atomic E-state index is 12.1. The second-order valence-corrected chi connectivity index (χ2v) is 7.45. The Balaban J connectivity index is 1.87. The van der Waals surface area contributed by atoms with Crippen LogP contribution in [0.15, 0.2) is 11.6 Å². The van der Waals surface area contributed by atoms with E-state index in [0.29, 0.717) is 12.6 Å². The predicted molar refractivity (Wildman–Crippen MR) is 84.5 cm³/mol. The lowest BCUT2D eigenvalue weighted by molar-refractivity contribution is 0.0184. The molecule has 0 aromatic carbocycles. The summed E-state index contributed by atoms with van der Waals surface area (Å²) >= 11 is 1.66. The lowest BCUT2D eigenvalue weighted by Gasteiger charge is -2.35. The van der Waals surface area contributed by atoms with Crippen molar-refractivity contribution in [2.24, 2.45) is 0 Å². The minimum Gasteiger partial charge on any atom is -0.444 e. The standard InChI is InChI=1S/C15H25N3O2S/c1-11(13-16-7-9-21-13)17-12-6-5-8-18(10-12)14(19)20-15(2,3)4/h7,9,11-12,17H,5-6,8,10H2,1-4H3/t11-,12-/m1/s1. The number of carbonyl (C=O) groups excluding carboxylic acids is 1. The van der Waals surface area contributed by atoms with E-state index in [1.807, 2.05) is 32.3 Å². The average molecular weight is 311 g/mol. The van der Waals surface area contributed by atoms with E-state index >= 15 is 0 Å². The molecule has 5 nitrogen and oxygen atoms in total. The van der Waals surface area contributed by atoms with Crippen LogP contribution in [0.4, 0.5) is 4.79 Å². The maximum absolute atomic E-state index is 12.1. The molecule has 1 aliphatic rings. The number of ether oxygens (including phenoxy) is 1. The second kappa shape index (κ2) is 6.75. The molecular formula is C15H25N3O2S. The molecule has 0 spiro atoms. The Morgan fingerprint density at radius 2 is 2.33 bits per heavy atom. The molecule has 0 unspecified atom stereocenters. The molecule has 0 radical (unpaired) electrons. The van der Waals surface area contributed by atoms with Crippen molar-refractivity contribution >= 4 is 17.4 Å². The molecule has 2 heterocycles. The zero-order valence-corrected chi connectivity index (χ0v) is 14.1. The van der Waals surface area contributed by atoms with E-state index in [0.717, 1.165) is 24.4 Å². The summed E-state index contributed by atoms with van der Waals surface area (Å²) in [5, 5.41) is 6.64. The molecule has 1 amide bonds. The van der Waals surface area contributed by atoms with Crippen molar-refractivity contribution in [2.45, 2.75) is 58.2 Å². The van der Waals surface area contributed by atoms with Crippen LogP contribution < -0.4 is 5.32 Å². The highest BCUT2D eigenvalue weighted by Crippen LogP contribution is 2.20. The smallest absolute Gasteiger partial charge is 0.410 e. The van der Waals surface area contributed by atoms with Crippen LogP contribution in [0.5, 0.6) is 0 Å². The number of rotatable bonds is 3. The molecule has 1 aromatic heterocycles. The lowest BCUT2D eigenvalue weighted by Crippen LogP contribution is -2.49. The normalized spacial score (nSPS) is 21.1. The third-order valence-corrected chi connectivity index (χ3v) is 4.34. The van der Waals surface area contributed by atoms with Gasteiger partial charge >= 0.3 is 6.09 Å². The molecule has 1 saturated heterocycles. The van der Waals surface area contributed by atoms with Gasteiger partial charge in [-0.05, 0) is 40.5 Å². The average Bonchev–Trinajstić information content (AvgIpc) is 2.91. The summed E-state index contributed by atoms with van der Waals surface area (Å²) in [6.07, 6.45) is 3.69. The number of nitrogens with zero attached hydrogens (tertiary/aromatic N) is 2. The first-order valence-corrected chi connectivity index (χ1v) is 8.36. The van der Waals surface area contributed by atoms with E-state index < -0.39 is 5.60 Å². The molecular weight excluding hydrogens is 286 g/mol. The molecule has 0 aliphatic carbocycles. The van der Waals surface area contributed by atoms with Crippen molar-refractivity contribution in [2.75, 3.05) is 13.1 Å². The van der Waals surface area contributed by atoms with Crippen LogP contribution in [0.25, 0.3) is 0 Å². The lowest BCUT2D eigenvalue weighted by atomic mass is 10.1. The number of amides is 1. The molecule has 1 N–H and O–H groups in total. The SMILES string of the molecule is C[C@@H](N[C@@H]1CCCN(C(=O)OC(C)(C)C)C1)c1nccs1. The van der Waals surface area contributed by atoms with Gasteiger partial charge in [-0.2, -0.15) is 0 Å². The third kappa shape index (κ3) is 4.97. The van der Waals surface area contributed by atoms with Crippen molar-refractivity contribution in [1.29, 1.82) is 0 Å². The Hall–Kier alpha value is -1.14. The minimum atomic E-state index is -0.439. The first kappa shape index (κ1) is 16.2. The van der Waals surface area contributed by atoms with Crippen LogP contribution in [0.3, 0.4) is 0 Å². The number of thiazole rings is 1. The number of hydrogen-bond donors (Lipinski definition) is 1. The van der Waals surface area contributed by atoms with Crippen molar-refractivity contribution in [1.82, 2.24) is 15.2 Å². The van der Waals surface area contributed by atoms with E-state index in [4.69, 9.17) is 4.74 Å². The number of aromatic nitrogens is 1. The summed E-state index contributed by atoms with van der Waals surface area (Å²) in [6.45, 7) is 9.29. The summed E-state index contributed by atoms with van der Waals surface area (Å²) in [6, 6.07) is 0.513. The Morgan fingerprint density at radius 1 is 1.57 bits per heavy atom. The highest BCUT2D eigenvalue weighted by atomic mass is 32.1. The second-order valence-electron chi connectivity index (χ2n) is 6.52. The van der Waals surface area contributed by atoms with Crippen molar-refractivity contribution < 1.29 is 9.53 Å². The number of carbonyl (C=O) groups is 1. The molecule has 2 atom stereocenters. The predicted octanol–water partition coefficient (Wildman–Crippen LogP) is 3.19. The third-order valence-electron chi connectivity index (χ3n) is 3.38.